The smallest absolute Gasteiger partial charge is 0.166 e. The molecule has 1 aliphatic heterocycles. The molecule has 3 aromatic heterocycles. The van der Waals surface area contributed by atoms with Crippen molar-refractivity contribution in [2.75, 3.05) is 5.73 Å². The van der Waals surface area contributed by atoms with Crippen molar-refractivity contribution in [1.29, 1.82) is 5.26 Å². The number of nitrogens with zero attached hydrogens (tertiary/aromatic N) is 6. The number of hydrogen-bond donors (Lipinski definition) is 1. The third-order valence-electron chi connectivity index (χ3n) is 5.46. The van der Waals surface area contributed by atoms with Gasteiger partial charge in [0.2, 0.25) is 0 Å². The molecule has 1 atom stereocenters. The van der Waals surface area contributed by atoms with Gasteiger partial charge in [0.1, 0.15) is 18.0 Å². The van der Waals surface area contributed by atoms with Crippen LogP contribution in [0.2, 0.25) is 0 Å². The summed E-state index contributed by atoms with van der Waals surface area (Å²) in [6, 6.07) is 8.48. The summed E-state index contributed by atoms with van der Waals surface area (Å²) in [6.45, 7) is 2.25. The quantitative estimate of drug-likeness (QED) is 0.471. The van der Waals surface area contributed by atoms with Crippen molar-refractivity contribution in [3.8, 4) is 34.3 Å². The van der Waals surface area contributed by atoms with Gasteiger partial charge in [0, 0.05) is 35.5 Å². The highest BCUT2D eigenvalue weighted by Crippen LogP contribution is 2.37. The van der Waals surface area contributed by atoms with Gasteiger partial charge >= 0.3 is 0 Å². The molecule has 0 amide bonds. The molecule has 0 aliphatic carbocycles. The van der Waals surface area contributed by atoms with Crippen molar-refractivity contribution < 1.29 is 9.13 Å². The van der Waals surface area contributed by atoms with E-state index >= 15 is 0 Å². The fourth-order valence-electron chi connectivity index (χ4n) is 4.03. The maximum Gasteiger partial charge on any atom is 0.166 e. The van der Waals surface area contributed by atoms with E-state index in [-0.39, 0.29) is 17.3 Å². The minimum atomic E-state index is -0.521. The number of pyridine rings is 1. The van der Waals surface area contributed by atoms with Gasteiger partial charge in [-0.2, -0.15) is 10.4 Å². The molecule has 154 valence electrons. The van der Waals surface area contributed by atoms with Gasteiger partial charge in [-0.1, -0.05) is 0 Å². The average molecular weight is 415 g/mol. The predicted octanol–water partition coefficient (Wildman–Crippen LogP) is 3.44. The second kappa shape index (κ2) is 6.95. The van der Waals surface area contributed by atoms with Crippen LogP contribution in [0.4, 0.5) is 10.2 Å². The highest BCUT2D eigenvalue weighted by atomic mass is 19.1. The van der Waals surface area contributed by atoms with Crippen LogP contribution in [0.5, 0.6) is 5.75 Å². The van der Waals surface area contributed by atoms with E-state index in [4.69, 9.17) is 10.5 Å². The van der Waals surface area contributed by atoms with E-state index in [0.717, 1.165) is 16.8 Å². The van der Waals surface area contributed by atoms with Gasteiger partial charge < -0.3 is 15.0 Å². The van der Waals surface area contributed by atoms with Crippen molar-refractivity contribution in [1.82, 2.24) is 24.3 Å². The Kier molecular flexibility index (Phi) is 4.22. The molecule has 0 spiro atoms. The fourth-order valence-corrected chi connectivity index (χ4v) is 4.03. The molecule has 1 unspecified atom stereocenters. The Hall–Kier alpha value is -4.19. The third kappa shape index (κ3) is 3.00. The number of anilines is 1. The standard InChI is InChI=1S/C22H18FN7O/c1-12-17-6-15(23)3-4-16(17)20-14(9-28-29(20)2)10-30-11-27-18(7-24)21(30)13-5-19(31-12)22(25)26-8-13/h3-6,8-9,11-12H,10H2,1-2H3,(H2,25,26). The molecule has 2 N–H and O–H groups in total. The lowest BCUT2D eigenvalue weighted by atomic mass is 9.97. The van der Waals surface area contributed by atoms with Crippen molar-refractivity contribution in [3.05, 3.63) is 65.6 Å². The molecule has 4 heterocycles. The van der Waals surface area contributed by atoms with Gasteiger partial charge in [0.05, 0.1) is 30.5 Å². The molecule has 0 radical (unpaired) electrons. The molecular formula is C22H18FN7O. The lowest BCUT2D eigenvalue weighted by Gasteiger charge is -2.22. The number of aryl methyl sites for hydroxylation is 1. The normalized spacial score (nSPS) is 14.8. The second-order valence-corrected chi connectivity index (χ2v) is 7.42. The van der Waals surface area contributed by atoms with Gasteiger partial charge in [-0.3, -0.25) is 4.68 Å². The molecule has 0 fully saturated rings. The Morgan fingerprint density at radius 3 is 2.87 bits per heavy atom. The van der Waals surface area contributed by atoms with Crippen molar-refractivity contribution in [2.45, 2.75) is 19.6 Å². The largest absolute Gasteiger partial charge is 0.482 e. The highest BCUT2D eigenvalue weighted by molar-refractivity contribution is 5.71. The van der Waals surface area contributed by atoms with E-state index in [0.29, 0.717) is 29.1 Å². The average Bonchev–Trinajstić information content (AvgIpc) is 3.32. The number of nitrogens with two attached hydrogens (primary N) is 1. The highest BCUT2D eigenvalue weighted by Gasteiger charge is 2.24. The van der Waals surface area contributed by atoms with Crippen LogP contribution in [0.1, 0.15) is 29.8 Å². The van der Waals surface area contributed by atoms with Gasteiger partial charge in [-0.05, 0) is 31.2 Å². The van der Waals surface area contributed by atoms with E-state index in [1.807, 2.05) is 18.5 Å². The zero-order valence-corrected chi connectivity index (χ0v) is 16.9. The van der Waals surface area contributed by atoms with Crippen LogP contribution in [0.3, 0.4) is 0 Å². The molecule has 5 rings (SSSR count). The monoisotopic (exact) mass is 415 g/mol. The molecule has 1 aliphatic rings. The van der Waals surface area contributed by atoms with Crippen LogP contribution in [0.25, 0.3) is 22.5 Å². The van der Waals surface area contributed by atoms with Crippen LogP contribution in [0, 0.1) is 17.1 Å². The summed E-state index contributed by atoms with van der Waals surface area (Å²) >= 11 is 0. The number of benzene rings is 1. The van der Waals surface area contributed by atoms with Gasteiger partial charge in [-0.25, -0.2) is 14.4 Å². The Bertz CT molecular complexity index is 1360. The number of halogens is 1. The number of imidazole rings is 1. The van der Waals surface area contributed by atoms with Crippen LogP contribution in [-0.2, 0) is 13.6 Å². The summed E-state index contributed by atoms with van der Waals surface area (Å²) in [4.78, 5) is 8.51. The Labute approximate surface area is 177 Å². The molecule has 4 aromatic rings. The van der Waals surface area contributed by atoms with Gasteiger partial charge in [0.15, 0.2) is 17.3 Å². The first-order valence-electron chi connectivity index (χ1n) is 9.64. The van der Waals surface area contributed by atoms with Gasteiger partial charge in [-0.15, -0.1) is 0 Å². The van der Waals surface area contributed by atoms with E-state index in [9.17, 15) is 9.65 Å². The first kappa shape index (κ1) is 18.8. The Morgan fingerprint density at radius 1 is 1.23 bits per heavy atom. The maximum atomic E-state index is 14.2. The molecule has 2 bridgehead atoms. The zero-order chi connectivity index (χ0) is 21.7. The number of fused-ring (bicyclic) bond motifs is 7. The van der Waals surface area contributed by atoms with E-state index in [1.54, 1.807) is 35.5 Å². The molecule has 0 saturated carbocycles. The van der Waals surface area contributed by atoms with Crippen molar-refractivity contribution in [2.24, 2.45) is 7.05 Å². The summed E-state index contributed by atoms with van der Waals surface area (Å²) in [5, 5.41) is 14.0. The van der Waals surface area contributed by atoms with Gasteiger partial charge in [0.25, 0.3) is 0 Å². The Morgan fingerprint density at radius 2 is 2.06 bits per heavy atom. The first-order valence-corrected chi connectivity index (χ1v) is 9.64. The number of nitriles is 1. The molecule has 1 aromatic carbocycles. The summed E-state index contributed by atoms with van der Waals surface area (Å²) in [6.07, 6.45) is 4.45. The molecular weight excluding hydrogens is 397 g/mol. The van der Waals surface area contributed by atoms with Crippen LogP contribution in [-0.4, -0.2) is 24.3 Å². The topological polar surface area (TPSA) is 108 Å². The number of hydrogen-bond acceptors (Lipinski definition) is 6. The summed E-state index contributed by atoms with van der Waals surface area (Å²) in [7, 11) is 1.84. The predicted molar refractivity (Wildman–Crippen MR) is 111 cm³/mol. The van der Waals surface area contributed by atoms with E-state index in [1.165, 1.54) is 12.1 Å². The molecule has 8 nitrogen and oxygen atoms in total. The van der Waals surface area contributed by atoms with Crippen LogP contribution < -0.4 is 10.5 Å². The second-order valence-electron chi connectivity index (χ2n) is 7.42. The number of aromatic nitrogens is 5. The number of rotatable bonds is 0. The molecule has 9 heteroatoms. The Balaban J connectivity index is 1.83. The number of ether oxygens (including phenoxy) is 1. The summed E-state index contributed by atoms with van der Waals surface area (Å²) in [5.41, 5.74) is 10.8. The maximum absolute atomic E-state index is 14.2. The fraction of sp³-hybridized carbons (Fsp3) is 0.182. The zero-order valence-electron chi connectivity index (χ0n) is 16.9. The summed E-state index contributed by atoms with van der Waals surface area (Å²) < 4.78 is 24.0. The SMILES string of the molecule is CC1Oc2cc(cnc2N)-c2c(C#N)ncn2Cc2cnn(C)c2-c2ccc(F)cc21. The van der Waals surface area contributed by atoms with Crippen molar-refractivity contribution >= 4 is 5.82 Å². The minimum Gasteiger partial charge on any atom is -0.482 e. The van der Waals surface area contributed by atoms with Crippen LogP contribution in [0.15, 0.2) is 43.0 Å². The lowest BCUT2D eigenvalue weighted by molar-refractivity contribution is 0.227. The summed E-state index contributed by atoms with van der Waals surface area (Å²) in [5.74, 6) is 0.194. The third-order valence-corrected chi connectivity index (χ3v) is 5.46. The molecule has 0 saturated heterocycles. The van der Waals surface area contributed by atoms with E-state index in [2.05, 4.69) is 21.1 Å². The van der Waals surface area contributed by atoms with Crippen molar-refractivity contribution in [3.63, 3.8) is 0 Å². The first-order chi connectivity index (χ1) is 15.0. The van der Waals surface area contributed by atoms with E-state index < -0.39 is 6.10 Å². The van der Waals surface area contributed by atoms with Crippen LogP contribution >= 0.6 is 0 Å². The minimum absolute atomic E-state index is 0.205. The lowest BCUT2D eigenvalue weighted by Crippen LogP contribution is -2.11. The molecule has 31 heavy (non-hydrogen) atoms. The number of nitrogen functional groups attached to an aromatic ring is 1.